The Bertz CT molecular complexity index is 298. The molecule has 1 spiro atoms. The molecule has 1 heterocycles. The molecule has 0 amide bonds. The Labute approximate surface area is 118 Å². The molecule has 1 N–H and O–H groups in total. The zero-order chi connectivity index (χ0) is 13.3. The van der Waals surface area contributed by atoms with Crippen LogP contribution in [0.15, 0.2) is 0 Å². The van der Waals surface area contributed by atoms with Gasteiger partial charge in [0.2, 0.25) is 0 Å². The molecule has 3 rings (SSSR count). The molecule has 4 atom stereocenters. The lowest BCUT2D eigenvalue weighted by Gasteiger charge is -2.40. The summed E-state index contributed by atoms with van der Waals surface area (Å²) in [5.74, 6) is 1.82. The van der Waals surface area contributed by atoms with Gasteiger partial charge < -0.3 is 10.1 Å². The van der Waals surface area contributed by atoms with Gasteiger partial charge in [0.15, 0.2) is 0 Å². The van der Waals surface area contributed by atoms with E-state index in [1.165, 1.54) is 57.8 Å². The molecule has 3 aliphatic rings. The average molecular weight is 265 g/mol. The van der Waals surface area contributed by atoms with Gasteiger partial charge in [-0.1, -0.05) is 33.1 Å². The molecule has 4 unspecified atom stereocenters. The summed E-state index contributed by atoms with van der Waals surface area (Å²) < 4.78 is 6.15. The lowest BCUT2D eigenvalue weighted by Crippen LogP contribution is -2.49. The number of nitrogens with one attached hydrogen (secondary N) is 1. The first-order valence-corrected chi connectivity index (χ1v) is 8.62. The van der Waals surface area contributed by atoms with Crippen LogP contribution in [0.25, 0.3) is 0 Å². The van der Waals surface area contributed by atoms with E-state index in [1.807, 2.05) is 0 Å². The van der Waals surface area contributed by atoms with Crippen LogP contribution in [0.3, 0.4) is 0 Å². The fourth-order valence-electron chi connectivity index (χ4n) is 4.90. The second-order valence-electron chi connectivity index (χ2n) is 7.31. The highest BCUT2D eigenvalue weighted by Crippen LogP contribution is 2.41. The van der Waals surface area contributed by atoms with Crippen LogP contribution < -0.4 is 5.32 Å². The molecular weight excluding hydrogens is 234 g/mol. The van der Waals surface area contributed by atoms with Crippen molar-refractivity contribution in [1.29, 1.82) is 0 Å². The summed E-state index contributed by atoms with van der Waals surface area (Å²) in [6.45, 7) is 5.80. The minimum Gasteiger partial charge on any atom is -0.375 e. The van der Waals surface area contributed by atoms with E-state index in [-0.39, 0.29) is 5.60 Å². The Morgan fingerprint density at radius 3 is 2.63 bits per heavy atom. The molecule has 2 heteroatoms. The number of hydrogen-bond donors (Lipinski definition) is 1. The van der Waals surface area contributed by atoms with E-state index in [0.717, 1.165) is 30.5 Å². The summed E-state index contributed by atoms with van der Waals surface area (Å²) >= 11 is 0. The van der Waals surface area contributed by atoms with Crippen molar-refractivity contribution in [1.82, 2.24) is 5.32 Å². The van der Waals surface area contributed by atoms with Crippen LogP contribution in [0, 0.1) is 11.8 Å². The molecule has 19 heavy (non-hydrogen) atoms. The van der Waals surface area contributed by atoms with Crippen molar-refractivity contribution >= 4 is 0 Å². The minimum absolute atomic E-state index is 0.266. The van der Waals surface area contributed by atoms with Gasteiger partial charge in [-0.3, -0.25) is 0 Å². The lowest BCUT2D eigenvalue weighted by atomic mass is 9.87. The summed E-state index contributed by atoms with van der Waals surface area (Å²) in [6, 6.07) is 1.49. The lowest BCUT2D eigenvalue weighted by molar-refractivity contribution is -0.0851. The second kappa shape index (κ2) is 5.73. The first kappa shape index (κ1) is 13.9. The molecule has 2 saturated carbocycles. The molecule has 0 aromatic rings. The Morgan fingerprint density at radius 1 is 1.16 bits per heavy atom. The van der Waals surface area contributed by atoms with Gasteiger partial charge in [-0.2, -0.15) is 0 Å². The van der Waals surface area contributed by atoms with Crippen LogP contribution in [0.1, 0.15) is 71.6 Å². The molecule has 0 aromatic heterocycles. The molecule has 1 saturated heterocycles. The van der Waals surface area contributed by atoms with Crippen molar-refractivity contribution in [2.45, 2.75) is 89.3 Å². The smallest absolute Gasteiger partial charge is 0.0697 e. The zero-order valence-corrected chi connectivity index (χ0v) is 12.8. The monoisotopic (exact) mass is 265 g/mol. The average Bonchev–Trinajstić information content (AvgIpc) is 2.99. The summed E-state index contributed by atoms with van der Waals surface area (Å²) in [6.07, 6.45) is 12.1. The molecule has 110 valence electrons. The number of hydrogen-bond acceptors (Lipinski definition) is 2. The highest BCUT2D eigenvalue weighted by molar-refractivity contribution is 4.96. The van der Waals surface area contributed by atoms with Gasteiger partial charge >= 0.3 is 0 Å². The van der Waals surface area contributed by atoms with E-state index in [9.17, 15) is 0 Å². The van der Waals surface area contributed by atoms with Gasteiger partial charge in [-0.15, -0.1) is 0 Å². The van der Waals surface area contributed by atoms with Crippen molar-refractivity contribution in [2.24, 2.45) is 11.8 Å². The first-order valence-electron chi connectivity index (χ1n) is 8.62. The molecule has 1 aliphatic heterocycles. The third-order valence-corrected chi connectivity index (χ3v) is 6.21. The van der Waals surface area contributed by atoms with E-state index in [1.54, 1.807) is 0 Å². The number of rotatable bonds is 3. The Hall–Kier alpha value is -0.0800. The van der Waals surface area contributed by atoms with Gasteiger partial charge in [0.05, 0.1) is 5.60 Å². The summed E-state index contributed by atoms with van der Waals surface area (Å²) in [5, 5.41) is 4.00. The van der Waals surface area contributed by atoms with Crippen LogP contribution in [-0.2, 0) is 4.74 Å². The van der Waals surface area contributed by atoms with E-state index in [2.05, 4.69) is 19.2 Å². The topological polar surface area (TPSA) is 21.3 Å². The predicted molar refractivity (Wildman–Crippen MR) is 79.3 cm³/mol. The van der Waals surface area contributed by atoms with E-state index >= 15 is 0 Å². The Kier molecular flexibility index (Phi) is 4.19. The van der Waals surface area contributed by atoms with Gasteiger partial charge in [0, 0.05) is 18.7 Å². The summed E-state index contributed by atoms with van der Waals surface area (Å²) in [4.78, 5) is 0. The molecule has 2 nitrogen and oxygen atoms in total. The van der Waals surface area contributed by atoms with E-state index < -0.39 is 0 Å². The van der Waals surface area contributed by atoms with Gasteiger partial charge in [0.25, 0.3) is 0 Å². The maximum Gasteiger partial charge on any atom is 0.0697 e. The van der Waals surface area contributed by atoms with Crippen molar-refractivity contribution < 1.29 is 4.74 Å². The summed E-state index contributed by atoms with van der Waals surface area (Å²) in [5.41, 5.74) is 0.266. The molecular formula is C17H31NO. The Balaban J connectivity index is 1.55. The SMILES string of the molecule is CCC1CCC(NC2CCOC3(CCCC3)C2)C1C. The maximum atomic E-state index is 6.15. The minimum atomic E-state index is 0.266. The molecule has 3 fully saturated rings. The largest absolute Gasteiger partial charge is 0.375 e. The van der Waals surface area contributed by atoms with Crippen molar-refractivity contribution in [2.75, 3.05) is 6.61 Å². The van der Waals surface area contributed by atoms with Crippen LogP contribution >= 0.6 is 0 Å². The Morgan fingerprint density at radius 2 is 1.95 bits per heavy atom. The molecule has 0 aromatic carbocycles. The van der Waals surface area contributed by atoms with Crippen LogP contribution in [0.2, 0.25) is 0 Å². The van der Waals surface area contributed by atoms with E-state index in [0.29, 0.717) is 0 Å². The third kappa shape index (κ3) is 2.85. The van der Waals surface area contributed by atoms with Crippen LogP contribution in [0.4, 0.5) is 0 Å². The van der Waals surface area contributed by atoms with Crippen molar-refractivity contribution in [3.63, 3.8) is 0 Å². The molecule has 0 radical (unpaired) electrons. The quantitative estimate of drug-likeness (QED) is 0.836. The van der Waals surface area contributed by atoms with E-state index in [4.69, 9.17) is 4.74 Å². The van der Waals surface area contributed by atoms with Gasteiger partial charge in [-0.25, -0.2) is 0 Å². The zero-order valence-electron chi connectivity index (χ0n) is 12.8. The molecule has 2 aliphatic carbocycles. The summed E-state index contributed by atoms with van der Waals surface area (Å²) in [7, 11) is 0. The fourth-order valence-corrected chi connectivity index (χ4v) is 4.90. The first-order chi connectivity index (χ1) is 9.22. The van der Waals surface area contributed by atoms with Gasteiger partial charge in [0.1, 0.15) is 0 Å². The fraction of sp³-hybridized carbons (Fsp3) is 1.00. The van der Waals surface area contributed by atoms with Crippen LogP contribution in [-0.4, -0.2) is 24.3 Å². The molecule has 0 bridgehead atoms. The normalized spacial score (nSPS) is 42.0. The van der Waals surface area contributed by atoms with Crippen molar-refractivity contribution in [3.8, 4) is 0 Å². The van der Waals surface area contributed by atoms with Crippen LogP contribution in [0.5, 0.6) is 0 Å². The van der Waals surface area contributed by atoms with Crippen molar-refractivity contribution in [3.05, 3.63) is 0 Å². The highest BCUT2D eigenvalue weighted by atomic mass is 16.5. The maximum absolute atomic E-state index is 6.15. The standard InChI is InChI=1S/C17H31NO/c1-3-14-6-7-16(13(14)2)18-15-8-11-19-17(12-15)9-4-5-10-17/h13-16,18H,3-12H2,1-2H3. The second-order valence-corrected chi connectivity index (χ2v) is 7.31. The van der Waals surface area contributed by atoms with Gasteiger partial charge in [-0.05, 0) is 50.4 Å². The predicted octanol–water partition coefficient (Wildman–Crippen LogP) is 3.89. The number of ether oxygens (including phenoxy) is 1. The highest BCUT2D eigenvalue weighted by Gasteiger charge is 2.41. The third-order valence-electron chi connectivity index (χ3n) is 6.21.